The summed E-state index contributed by atoms with van der Waals surface area (Å²) in [4.78, 5) is 28.7. The van der Waals surface area contributed by atoms with Crippen LogP contribution < -0.4 is 9.64 Å². The van der Waals surface area contributed by atoms with Crippen molar-refractivity contribution in [3.05, 3.63) is 17.8 Å². The molecule has 0 radical (unpaired) electrons. The zero-order chi connectivity index (χ0) is 14.2. The van der Waals surface area contributed by atoms with E-state index in [1.807, 2.05) is 20.8 Å². The van der Waals surface area contributed by atoms with Gasteiger partial charge in [0.15, 0.2) is 5.69 Å². The third-order valence-corrected chi connectivity index (χ3v) is 2.79. The number of carboxylic acids is 1. The first-order valence-corrected chi connectivity index (χ1v) is 6.00. The highest BCUT2D eigenvalue weighted by molar-refractivity contribution is 5.98. The van der Waals surface area contributed by atoms with Crippen molar-refractivity contribution in [3.8, 4) is 5.88 Å². The Bertz CT molecular complexity index is 534. The number of fused-ring (bicyclic) bond motifs is 1. The monoisotopic (exact) mass is 264 g/mol. The van der Waals surface area contributed by atoms with E-state index in [0.717, 1.165) is 0 Å². The summed E-state index contributed by atoms with van der Waals surface area (Å²) in [5.74, 6) is -0.962. The molecular weight excluding hydrogens is 248 g/mol. The molecule has 0 fully saturated rings. The van der Waals surface area contributed by atoms with E-state index in [4.69, 9.17) is 9.84 Å². The van der Waals surface area contributed by atoms with Gasteiger partial charge in [0.2, 0.25) is 11.8 Å². The maximum absolute atomic E-state index is 12.3. The first-order valence-electron chi connectivity index (χ1n) is 6.00. The molecule has 2 heterocycles. The number of hydrogen-bond acceptors (Lipinski definition) is 4. The Hall–Kier alpha value is -2.11. The molecule has 1 aromatic heterocycles. The average molecular weight is 264 g/mol. The Morgan fingerprint density at radius 2 is 2.05 bits per heavy atom. The van der Waals surface area contributed by atoms with E-state index in [1.54, 1.807) is 11.0 Å². The molecule has 0 saturated carbocycles. The average Bonchev–Trinajstić information content (AvgIpc) is 2.35. The van der Waals surface area contributed by atoms with Crippen LogP contribution >= 0.6 is 0 Å². The minimum Gasteiger partial charge on any atom is -0.477 e. The number of ether oxygens (including phenoxy) is 1. The minimum atomic E-state index is -1.12. The smallest absolute Gasteiger partial charge is 0.354 e. The van der Waals surface area contributed by atoms with Crippen LogP contribution in [0.5, 0.6) is 5.88 Å². The maximum atomic E-state index is 12.3. The molecule has 0 saturated heterocycles. The highest BCUT2D eigenvalue weighted by Crippen LogP contribution is 2.32. The van der Waals surface area contributed by atoms with Crippen LogP contribution in [0.4, 0.5) is 5.69 Å². The Balaban J connectivity index is 2.40. The van der Waals surface area contributed by atoms with Gasteiger partial charge in [0.25, 0.3) is 0 Å². The molecule has 19 heavy (non-hydrogen) atoms. The molecule has 0 bridgehead atoms. The number of carboxylic acid groups (broad SMARTS) is 1. The van der Waals surface area contributed by atoms with Crippen molar-refractivity contribution in [2.24, 2.45) is 5.41 Å². The third-order valence-electron chi connectivity index (χ3n) is 2.79. The van der Waals surface area contributed by atoms with Crippen LogP contribution in [0.25, 0.3) is 0 Å². The van der Waals surface area contributed by atoms with Gasteiger partial charge in [0, 0.05) is 5.41 Å². The van der Waals surface area contributed by atoms with Crippen molar-refractivity contribution in [2.45, 2.75) is 20.8 Å². The summed E-state index contributed by atoms with van der Waals surface area (Å²) < 4.78 is 5.34. The van der Waals surface area contributed by atoms with Crippen molar-refractivity contribution in [1.29, 1.82) is 0 Å². The molecular formula is C13H16N2O4. The van der Waals surface area contributed by atoms with Crippen molar-refractivity contribution in [3.63, 3.8) is 0 Å². The van der Waals surface area contributed by atoms with Gasteiger partial charge in [0.05, 0.1) is 6.54 Å². The lowest BCUT2D eigenvalue weighted by molar-refractivity contribution is -0.126. The van der Waals surface area contributed by atoms with Crippen LogP contribution in [0.15, 0.2) is 12.1 Å². The molecule has 6 heteroatoms. The summed E-state index contributed by atoms with van der Waals surface area (Å²) in [7, 11) is 0. The molecule has 1 aliphatic heterocycles. The van der Waals surface area contributed by atoms with E-state index >= 15 is 0 Å². The van der Waals surface area contributed by atoms with Crippen molar-refractivity contribution >= 4 is 17.6 Å². The Morgan fingerprint density at radius 3 is 2.63 bits per heavy atom. The molecule has 0 atom stereocenters. The molecule has 0 spiro atoms. The topological polar surface area (TPSA) is 79.7 Å². The predicted octanol–water partition coefficient (Wildman–Crippen LogP) is 1.55. The number of carbonyl (C=O) groups excluding carboxylic acids is 1. The van der Waals surface area contributed by atoms with E-state index in [1.165, 1.54) is 6.07 Å². The van der Waals surface area contributed by atoms with Gasteiger partial charge in [-0.3, -0.25) is 4.79 Å². The number of anilines is 1. The van der Waals surface area contributed by atoms with Gasteiger partial charge in [-0.2, -0.15) is 0 Å². The number of amides is 1. The van der Waals surface area contributed by atoms with Gasteiger partial charge in [-0.05, 0) is 12.1 Å². The standard InChI is InChI=1S/C13H16N2O4/c1-13(2,3)12(18)15-6-7-19-10-9(15)5-4-8(14-10)11(16)17/h4-5H,6-7H2,1-3H3,(H,16,17). The molecule has 1 aliphatic rings. The van der Waals surface area contributed by atoms with Gasteiger partial charge in [-0.1, -0.05) is 20.8 Å². The normalized spacial score (nSPS) is 14.6. The summed E-state index contributed by atoms with van der Waals surface area (Å²) in [5, 5.41) is 8.89. The summed E-state index contributed by atoms with van der Waals surface area (Å²) in [6.45, 7) is 6.26. The van der Waals surface area contributed by atoms with Crippen molar-refractivity contribution < 1.29 is 19.4 Å². The highest BCUT2D eigenvalue weighted by atomic mass is 16.5. The molecule has 0 aromatic carbocycles. The minimum absolute atomic E-state index is 0.0399. The van der Waals surface area contributed by atoms with Crippen LogP contribution in [-0.4, -0.2) is 35.1 Å². The molecule has 6 nitrogen and oxygen atoms in total. The van der Waals surface area contributed by atoms with E-state index in [-0.39, 0.29) is 17.5 Å². The van der Waals surface area contributed by atoms with E-state index < -0.39 is 11.4 Å². The number of hydrogen-bond donors (Lipinski definition) is 1. The fourth-order valence-corrected chi connectivity index (χ4v) is 1.83. The van der Waals surface area contributed by atoms with Crippen molar-refractivity contribution in [1.82, 2.24) is 4.98 Å². The number of aromatic nitrogens is 1. The maximum Gasteiger partial charge on any atom is 0.354 e. The van der Waals surface area contributed by atoms with Crippen LogP contribution in [0.1, 0.15) is 31.3 Å². The summed E-state index contributed by atoms with van der Waals surface area (Å²) in [6, 6.07) is 2.94. The predicted molar refractivity (Wildman–Crippen MR) is 68.5 cm³/mol. The van der Waals surface area contributed by atoms with Gasteiger partial charge < -0.3 is 14.7 Å². The quantitative estimate of drug-likeness (QED) is 0.832. The molecule has 1 amide bonds. The Kier molecular flexibility index (Phi) is 3.18. The van der Waals surface area contributed by atoms with E-state index in [9.17, 15) is 9.59 Å². The van der Waals surface area contributed by atoms with Gasteiger partial charge in [0.1, 0.15) is 12.3 Å². The highest BCUT2D eigenvalue weighted by Gasteiger charge is 2.32. The van der Waals surface area contributed by atoms with Gasteiger partial charge >= 0.3 is 5.97 Å². The second-order valence-electron chi connectivity index (χ2n) is 5.38. The molecule has 0 unspecified atom stereocenters. The Morgan fingerprint density at radius 1 is 1.37 bits per heavy atom. The van der Waals surface area contributed by atoms with E-state index in [0.29, 0.717) is 18.8 Å². The third kappa shape index (κ3) is 2.52. The molecule has 1 N–H and O–H groups in total. The van der Waals surface area contributed by atoms with Crippen LogP contribution in [-0.2, 0) is 4.79 Å². The molecule has 0 aliphatic carbocycles. The largest absolute Gasteiger partial charge is 0.477 e. The molecule has 2 rings (SSSR count). The second kappa shape index (κ2) is 4.53. The van der Waals surface area contributed by atoms with Crippen molar-refractivity contribution in [2.75, 3.05) is 18.1 Å². The summed E-state index contributed by atoms with van der Waals surface area (Å²) in [6.07, 6.45) is 0. The number of pyridine rings is 1. The number of aromatic carboxylic acids is 1. The van der Waals surface area contributed by atoms with Crippen LogP contribution in [0.2, 0.25) is 0 Å². The SMILES string of the molecule is CC(C)(C)C(=O)N1CCOc2nc(C(=O)O)ccc21. The molecule has 1 aromatic rings. The number of carbonyl (C=O) groups is 2. The number of rotatable bonds is 1. The zero-order valence-corrected chi connectivity index (χ0v) is 11.1. The lowest BCUT2D eigenvalue weighted by Crippen LogP contribution is -2.44. The lowest BCUT2D eigenvalue weighted by atomic mass is 9.94. The lowest BCUT2D eigenvalue weighted by Gasteiger charge is -2.33. The Labute approximate surface area is 111 Å². The second-order valence-corrected chi connectivity index (χ2v) is 5.38. The first kappa shape index (κ1) is 13.3. The van der Waals surface area contributed by atoms with Gasteiger partial charge in [-0.15, -0.1) is 0 Å². The fraction of sp³-hybridized carbons (Fsp3) is 0.462. The van der Waals surface area contributed by atoms with E-state index in [2.05, 4.69) is 4.98 Å². The van der Waals surface area contributed by atoms with Gasteiger partial charge in [-0.25, -0.2) is 9.78 Å². The fourth-order valence-electron chi connectivity index (χ4n) is 1.83. The molecule has 102 valence electrons. The van der Waals surface area contributed by atoms with Crippen LogP contribution in [0, 0.1) is 5.41 Å². The zero-order valence-electron chi connectivity index (χ0n) is 11.1. The first-order chi connectivity index (χ1) is 8.80. The van der Waals surface area contributed by atoms with Crippen LogP contribution in [0.3, 0.4) is 0 Å². The summed E-state index contributed by atoms with van der Waals surface area (Å²) >= 11 is 0. The number of nitrogens with zero attached hydrogens (tertiary/aromatic N) is 2. The summed E-state index contributed by atoms with van der Waals surface area (Å²) in [5.41, 5.74) is -0.0833.